The van der Waals surface area contributed by atoms with Crippen LogP contribution in [0.4, 0.5) is 11.4 Å². The first-order chi connectivity index (χ1) is 7.78. The lowest BCUT2D eigenvalue weighted by Crippen LogP contribution is -2.43. The van der Waals surface area contributed by atoms with Gasteiger partial charge in [0.25, 0.3) is 0 Å². The predicted molar refractivity (Wildman–Crippen MR) is 72.0 cm³/mol. The highest BCUT2D eigenvalue weighted by atomic mass is 16.2. The van der Waals surface area contributed by atoms with Crippen LogP contribution in [0.3, 0.4) is 0 Å². The monoisotopic (exact) mass is 235 g/mol. The first-order valence-electron chi connectivity index (χ1n) is 5.69. The molecule has 1 aromatic rings. The van der Waals surface area contributed by atoms with Gasteiger partial charge in [-0.1, -0.05) is 6.07 Å². The molecule has 4 heteroatoms. The van der Waals surface area contributed by atoms with E-state index >= 15 is 0 Å². The summed E-state index contributed by atoms with van der Waals surface area (Å²) in [5, 5.41) is 5.90. The van der Waals surface area contributed by atoms with Gasteiger partial charge in [0, 0.05) is 5.54 Å². The normalized spacial score (nSPS) is 11.1. The van der Waals surface area contributed by atoms with Crippen molar-refractivity contribution in [2.45, 2.75) is 33.2 Å². The van der Waals surface area contributed by atoms with Crippen LogP contribution in [-0.4, -0.2) is 18.0 Å². The largest absolute Gasteiger partial charge is 0.397 e. The molecule has 0 aliphatic heterocycles. The quantitative estimate of drug-likeness (QED) is 0.701. The van der Waals surface area contributed by atoms with Gasteiger partial charge in [-0.2, -0.15) is 0 Å². The summed E-state index contributed by atoms with van der Waals surface area (Å²) in [6.45, 7) is 8.05. The van der Waals surface area contributed by atoms with E-state index < -0.39 is 0 Å². The number of benzene rings is 1. The minimum absolute atomic E-state index is 0.0440. The molecule has 0 saturated carbocycles. The van der Waals surface area contributed by atoms with Crippen LogP contribution in [-0.2, 0) is 4.79 Å². The minimum atomic E-state index is -0.211. The van der Waals surface area contributed by atoms with Crippen molar-refractivity contribution in [1.29, 1.82) is 0 Å². The number of rotatable bonds is 3. The van der Waals surface area contributed by atoms with E-state index in [-0.39, 0.29) is 18.0 Å². The zero-order chi connectivity index (χ0) is 13.1. The molecule has 0 radical (unpaired) electrons. The maximum Gasteiger partial charge on any atom is 0.239 e. The number of hydrogen-bond donors (Lipinski definition) is 3. The molecular weight excluding hydrogens is 214 g/mol. The van der Waals surface area contributed by atoms with Crippen LogP contribution in [0, 0.1) is 6.92 Å². The molecule has 0 spiro atoms. The van der Waals surface area contributed by atoms with Gasteiger partial charge in [0.05, 0.1) is 17.9 Å². The lowest BCUT2D eigenvalue weighted by atomic mass is 10.1. The van der Waals surface area contributed by atoms with Crippen molar-refractivity contribution in [3.63, 3.8) is 0 Å². The molecule has 4 nitrogen and oxygen atoms in total. The Morgan fingerprint density at radius 2 is 2.00 bits per heavy atom. The van der Waals surface area contributed by atoms with Crippen LogP contribution >= 0.6 is 0 Å². The van der Waals surface area contributed by atoms with Crippen molar-refractivity contribution >= 4 is 17.3 Å². The minimum Gasteiger partial charge on any atom is -0.397 e. The third kappa shape index (κ3) is 4.76. The molecule has 4 N–H and O–H groups in total. The molecular formula is C13H21N3O. The van der Waals surface area contributed by atoms with Gasteiger partial charge in [-0.05, 0) is 45.4 Å². The molecule has 0 fully saturated rings. The summed E-state index contributed by atoms with van der Waals surface area (Å²) < 4.78 is 0. The number of hydrogen-bond acceptors (Lipinski definition) is 3. The first kappa shape index (κ1) is 13.4. The average molecular weight is 235 g/mol. The Labute approximate surface area is 103 Å². The Kier molecular flexibility index (Phi) is 3.99. The highest BCUT2D eigenvalue weighted by Gasteiger charge is 2.13. The van der Waals surface area contributed by atoms with Crippen LogP contribution in [0.15, 0.2) is 18.2 Å². The van der Waals surface area contributed by atoms with E-state index in [0.29, 0.717) is 5.69 Å². The topological polar surface area (TPSA) is 67.2 Å². The van der Waals surface area contributed by atoms with Gasteiger partial charge in [-0.3, -0.25) is 4.79 Å². The molecule has 0 bridgehead atoms. The standard InChI is InChI=1S/C13H21N3O/c1-9-5-6-11(10(14)7-9)15-8-12(17)16-13(2,3)4/h5-7,15H,8,14H2,1-4H3,(H,16,17). The van der Waals surface area contributed by atoms with E-state index in [1.807, 2.05) is 45.9 Å². The van der Waals surface area contributed by atoms with Crippen molar-refractivity contribution in [3.05, 3.63) is 23.8 Å². The zero-order valence-corrected chi connectivity index (χ0v) is 10.9. The summed E-state index contributed by atoms with van der Waals surface area (Å²) in [4.78, 5) is 11.6. The molecule has 0 saturated heterocycles. The summed E-state index contributed by atoms with van der Waals surface area (Å²) in [5.41, 5.74) is 8.19. The van der Waals surface area contributed by atoms with E-state index in [4.69, 9.17) is 5.73 Å². The molecule has 1 aromatic carbocycles. The zero-order valence-electron chi connectivity index (χ0n) is 10.9. The van der Waals surface area contributed by atoms with Crippen LogP contribution in [0.25, 0.3) is 0 Å². The molecule has 17 heavy (non-hydrogen) atoms. The fourth-order valence-corrected chi connectivity index (χ4v) is 1.48. The molecule has 0 aliphatic rings. The number of nitrogen functional groups attached to an aromatic ring is 1. The smallest absolute Gasteiger partial charge is 0.239 e. The average Bonchev–Trinajstić information content (AvgIpc) is 2.13. The molecule has 0 heterocycles. The van der Waals surface area contributed by atoms with Gasteiger partial charge < -0.3 is 16.4 Å². The van der Waals surface area contributed by atoms with Crippen molar-refractivity contribution in [2.75, 3.05) is 17.6 Å². The van der Waals surface area contributed by atoms with Crippen LogP contribution in [0.5, 0.6) is 0 Å². The van der Waals surface area contributed by atoms with Crippen molar-refractivity contribution < 1.29 is 4.79 Å². The molecule has 0 aliphatic carbocycles. The highest BCUT2D eigenvalue weighted by molar-refractivity contribution is 5.82. The number of anilines is 2. The van der Waals surface area contributed by atoms with E-state index in [1.165, 1.54) is 0 Å². The molecule has 0 aromatic heterocycles. The second kappa shape index (κ2) is 5.08. The third-order valence-corrected chi connectivity index (χ3v) is 2.16. The third-order valence-electron chi connectivity index (χ3n) is 2.16. The lowest BCUT2D eigenvalue weighted by Gasteiger charge is -2.21. The lowest BCUT2D eigenvalue weighted by molar-refractivity contribution is -0.120. The summed E-state index contributed by atoms with van der Waals surface area (Å²) in [6.07, 6.45) is 0. The Balaban J connectivity index is 2.53. The van der Waals surface area contributed by atoms with Crippen LogP contribution in [0.2, 0.25) is 0 Å². The number of nitrogens with one attached hydrogen (secondary N) is 2. The fraction of sp³-hybridized carbons (Fsp3) is 0.462. The summed E-state index contributed by atoms with van der Waals surface area (Å²) >= 11 is 0. The Hall–Kier alpha value is -1.71. The highest BCUT2D eigenvalue weighted by Crippen LogP contribution is 2.18. The van der Waals surface area contributed by atoms with E-state index in [2.05, 4.69) is 10.6 Å². The van der Waals surface area contributed by atoms with E-state index in [0.717, 1.165) is 11.3 Å². The maximum absolute atomic E-state index is 11.6. The number of nitrogens with two attached hydrogens (primary N) is 1. The second-order valence-electron chi connectivity index (χ2n) is 5.24. The summed E-state index contributed by atoms with van der Waals surface area (Å²) in [7, 11) is 0. The van der Waals surface area contributed by atoms with Gasteiger partial charge in [0.1, 0.15) is 0 Å². The number of amides is 1. The van der Waals surface area contributed by atoms with Gasteiger partial charge in [-0.15, -0.1) is 0 Å². The van der Waals surface area contributed by atoms with E-state index in [1.54, 1.807) is 0 Å². The molecule has 0 atom stereocenters. The number of carbonyl (C=O) groups is 1. The van der Waals surface area contributed by atoms with Crippen LogP contribution in [0.1, 0.15) is 26.3 Å². The van der Waals surface area contributed by atoms with Gasteiger partial charge >= 0.3 is 0 Å². The molecule has 1 rings (SSSR count). The predicted octanol–water partition coefficient (Wildman–Crippen LogP) is 1.90. The van der Waals surface area contributed by atoms with Crippen molar-refractivity contribution in [2.24, 2.45) is 0 Å². The summed E-state index contributed by atoms with van der Waals surface area (Å²) in [6, 6.07) is 5.72. The van der Waals surface area contributed by atoms with Gasteiger partial charge in [0.2, 0.25) is 5.91 Å². The molecule has 94 valence electrons. The van der Waals surface area contributed by atoms with E-state index in [9.17, 15) is 4.79 Å². The van der Waals surface area contributed by atoms with Gasteiger partial charge in [0.15, 0.2) is 0 Å². The van der Waals surface area contributed by atoms with Crippen LogP contribution < -0.4 is 16.4 Å². The van der Waals surface area contributed by atoms with Crippen molar-refractivity contribution in [1.82, 2.24) is 5.32 Å². The fourth-order valence-electron chi connectivity index (χ4n) is 1.48. The number of aryl methyl sites for hydroxylation is 1. The molecule has 0 unspecified atom stereocenters. The van der Waals surface area contributed by atoms with Gasteiger partial charge in [-0.25, -0.2) is 0 Å². The Bertz CT molecular complexity index is 408. The maximum atomic E-state index is 11.6. The first-order valence-corrected chi connectivity index (χ1v) is 5.69. The number of carbonyl (C=O) groups excluding carboxylic acids is 1. The molecule has 1 amide bonds. The SMILES string of the molecule is Cc1ccc(NCC(=O)NC(C)(C)C)c(N)c1. The Morgan fingerprint density at radius 1 is 1.35 bits per heavy atom. The Morgan fingerprint density at radius 3 is 2.53 bits per heavy atom. The van der Waals surface area contributed by atoms with Crippen molar-refractivity contribution in [3.8, 4) is 0 Å². The second-order valence-corrected chi connectivity index (χ2v) is 5.24. The summed E-state index contributed by atoms with van der Waals surface area (Å²) in [5.74, 6) is -0.0440.